The number of carbonyl (C=O) groups is 2. The number of likely N-dealkylation sites (tertiary alicyclic amines) is 1. The number of piperidine rings is 1. The molecule has 0 spiro atoms. The highest BCUT2D eigenvalue weighted by atomic mass is 16.6. The molecular formula is C15H28N2O4. The number of hydrogen-bond donors (Lipinski definition) is 2. The molecule has 0 aromatic rings. The van der Waals surface area contributed by atoms with Crippen LogP contribution < -0.4 is 5.32 Å². The highest BCUT2D eigenvalue weighted by Gasteiger charge is 2.30. The van der Waals surface area contributed by atoms with Crippen LogP contribution >= 0.6 is 0 Å². The molecule has 1 fully saturated rings. The van der Waals surface area contributed by atoms with E-state index in [9.17, 15) is 9.59 Å². The van der Waals surface area contributed by atoms with Crippen molar-refractivity contribution in [2.45, 2.75) is 65.1 Å². The molecule has 1 aliphatic rings. The molecule has 6 nitrogen and oxygen atoms in total. The number of alkyl carbamates (subject to hydrolysis) is 1. The van der Waals surface area contributed by atoms with Gasteiger partial charge in [0.05, 0.1) is 6.17 Å². The van der Waals surface area contributed by atoms with Crippen molar-refractivity contribution in [1.82, 2.24) is 10.2 Å². The Morgan fingerprint density at radius 2 is 2.05 bits per heavy atom. The minimum absolute atomic E-state index is 0.0719. The van der Waals surface area contributed by atoms with Crippen molar-refractivity contribution < 1.29 is 19.4 Å². The van der Waals surface area contributed by atoms with E-state index in [0.717, 1.165) is 25.9 Å². The third-order valence-corrected chi connectivity index (χ3v) is 3.68. The first-order valence-corrected chi connectivity index (χ1v) is 7.66. The SMILES string of the molecule is CCN1CCC(CCC(=O)O)C[C@H]1NC(=O)OC(C)(C)C. The summed E-state index contributed by atoms with van der Waals surface area (Å²) in [6, 6.07) is 0. The molecule has 6 heteroatoms. The molecule has 1 heterocycles. The topological polar surface area (TPSA) is 78.9 Å². The zero-order valence-corrected chi connectivity index (χ0v) is 13.5. The fraction of sp³-hybridized carbons (Fsp3) is 0.867. The average molecular weight is 300 g/mol. The van der Waals surface area contributed by atoms with E-state index in [1.807, 2.05) is 20.8 Å². The lowest BCUT2D eigenvalue weighted by Crippen LogP contribution is -2.53. The van der Waals surface area contributed by atoms with Gasteiger partial charge in [-0.05, 0) is 52.5 Å². The summed E-state index contributed by atoms with van der Waals surface area (Å²) >= 11 is 0. The van der Waals surface area contributed by atoms with Crippen LogP contribution in [-0.2, 0) is 9.53 Å². The maximum atomic E-state index is 11.9. The van der Waals surface area contributed by atoms with Crippen LogP contribution in [0.5, 0.6) is 0 Å². The fourth-order valence-electron chi connectivity index (χ4n) is 2.65. The number of ether oxygens (including phenoxy) is 1. The van der Waals surface area contributed by atoms with E-state index in [4.69, 9.17) is 9.84 Å². The number of carboxylic acid groups (broad SMARTS) is 1. The van der Waals surface area contributed by atoms with E-state index in [1.54, 1.807) is 0 Å². The van der Waals surface area contributed by atoms with Gasteiger partial charge in [-0.1, -0.05) is 6.92 Å². The Labute approximate surface area is 126 Å². The smallest absolute Gasteiger partial charge is 0.408 e. The van der Waals surface area contributed by atoms with E-state index in [1.165, 1.54) is 0 Å². The van der Waals surface area contributed by atoms with Crippen LogP contribution in [0.3, 0.4) is 0 Å². The van der Waals surface area contributed by atoms with Gasteiger partial charge in [-0.15, -0.1) is 0 Å². The van der Waals surface area contributed by atoms with Crippen molar-refractivity contribution in [2.75, 3.05) is 13.1 Å². The van der Waals surface area contributed by atoms with E-state index in [0.29, 0.717) is 12.3 Å². The number of carboxylic acids is 1. The first-order valence-electron chi connectivity index (χ1n) is 7.66. The third kappa shape index (κ3) is 6.80. The molecule has 2 N–H and O–H groups in total. The molecule has 0 aliphatic carbocycles. The monoisotopic (exact) mass is 300 g/mol. The van der Waals surface area contributed by atoms with Crippen molar-refractivity contribution in [3.8, 4) is 0 Å². The van der Waals surface area contributed by atoms with Crippen LogP contribution in [0.2, 0.25) is 0 Å². The Bertz CT molecular complexity index is 365. The first-order chi connectivity index (χ1) is 9.71. The largest absolute Gasteiger partial charge is 0.481 e. The van der Waals surface area contributed by atoms with Crippen molar-refractivity contribution >= 4 is 12.1 Å². The number of amides is 1. The van der Waals surface area contributed by atoms with Crippen molar-refractivity contribution in [2.24, 2.45) is 5.92 Å². The van der Waals surface area contributed by atoms with Gasteiger partial charge in [0.1, 0.15) is 5.60 Å². The standard InChI is InChI=1S/C15H28N2O4/c1-5-17-9-8-11(6-7-13(18)19)10-12(17)16-14(20)21-15(2,3)4/h11-12H,5-10H2,1-4H3,(H,16,20)(H,18,19)/t11?,12-/m0/s1. The van der Waals surface area contributed by atoms with E-state index in [-0.39, 0.29) is 12.6 Å². The molecule has 21 heavy (non-hydrogen) atoms. The summed E-state index contributed by atoms with van der Waals surface area (Å²) in [6.07, 6.45) is 2.13. The second-order valence-electron chi connectivity index (χ2n) is 6.61. The van der Waals surface area contributed by atoms with Gasteiger partial charge in [0, 0.05) is 13.0 Å². The van der Waals surface area contributed by atoms with Crippen LogP contribution in [0.25, 0.3) is 0 Å². The van der Waals surface area contributed by atoms with Gasteiger partial charge in [-0.2, -0.15) is 0 Å². The van der Waals surface area contributed by atoms with Gasteiger partial charge in [-0.25, -0.2) is 4.79 Å². The number of rotatable bonds is 5. The maximum absolute atomic E-state index is 11.9. The van der Waals surface area contributed by atoms with Crippen LogP contribution in [0.4, 0.5) is 4.79 Å². The zero-order chi connectivity index (χ0) is 16.0. The summed E-state index contributed by atoms with van der Waals surface area (Å²) in [5.41, 5.74) is -0.515. The van der Waals surface area contributed by atoms with Crippen molar-refractivity contribution in [1.29, 1.82) is 0 Å². The molecule has 0 aromatic heterocycles. The van der Waals surface area contributed by atoms with Gasteiger partial charge < -0.3 is 15.2 Å². The summed E-state index contributed by atoms with van der Waals surface area (Å²) in [5, 5.41) is 11.7. The molecular weight excluding hydrogens is 272 g/mol. The third-order valence-electron chi connectivity index (χ3n) is 3.68. The zero-order valence-electron chi connectivity index (χ0n) is 13.5. The molecule has 1 unspecified atom stereocenters. The summed E-state index contributed by atoms with van der Waals surface area (Å²) in [6.45, 7) is 9.29. The highest BCUT2D eigenvalue weighted by molar-refractivity contribution is 5.68. The Morgan fingerprint density at radius 3 is 2.57 bits per heavy atom. The number of carbonyl (C=O) groups excluding carboxylic acids is 1. The number of nitrogens with zero attached hydrogens (tertiary/aromatic N) is 1. The van der Waals surface area contributed by atoms with Crippen LogP contribution in [0.1, 0.15) is 53.4 Å². The second kappa shape index (κ2) is 7.64. The van der Waals surface area contributed by atoms with Crippen LogP contribution in [0.15, 0.2) is 0 Å². The second-order valence-corrected chi connectivity index (χ2v) is 6.61. The Morgan fingerprint density at radius 1 is 1.38 bits per heavy atom. The van der Waals surface area contributed by atoms with Crippen molar-refractivity contribution in [3.05, 3.63) is 0 Å². The minimum Gasteiger partial charge on any atom is -0.481 e. The quantitative estimate of drug-likeness (QED) is 0.815. The predicted octanol–water partition coefficient (Wildman–Crippen LogP) is 2.43. The molecule has 1 amide bonds. The molecule has 1 aliphatic heterocycles. The summed E-state index contributed by atoms with van der Waals surface area (Å²) in [5.74, 6) is -0.423. The van der Waals surface area contributed by atoms with E-state index >= 15 is 0 Å². The molecule has 1 rings (SSSR count). The number of hydrogen-bond acceptors (Lipinski definition) is 4. The molecule has 0 aromatic carbocycles. The van der Waals surface area contributed by atoms with Gasteiger partial charge in [0.15, 0.2) is 0 Å². The average Bonchev–Trinajstić information content (AvgIpc) is 2.34. The highest BCUT2D eigenvalue weighted by Crippen LogP contribution is 2.25. The predicted molar refractivity (Wildman–Crippen MR) is 80.0 cm³/mol. The minimum atomic E-state index is -0.760. The molecule has 0 saturated carbocycles. The summed E-state index contributed by atoms with van der Waals surface area (Å²) < 4.78 is 5.30. The lowest BCUT2D eigenvalue weighted by Gasteiger charge is -2.39. The Hall–Kier alpha value is -1.30. The summed E-state index contributed by atoms with van der Waals surface area (Å²) in [7, 11) is 0. The van der Waals surface area contributed by atoms with E-state index in [2.05, 4.69) is 17.1 Å². The van der Waals surface area contributed by atoms with Gasteiger partial charge in [0.25, 0.3) is 0 Å². The lowest BCUT2D eigenvalue weighted by atomic mass is 9.90. The Balaban J connectivity index is 2.54. The van der Waals surface area contributed by atoms with Gasteiger partial charge in [0.2, 0.25) is 0 Å². The molecule has 2 atom stereocenters. The molecule has 1 saturated heterocycles. The lowest BCUT2D eigenvalue weighted by molar-refractivity contribution is -0.137. The maximum Gasteiger partial charge on any atom is 0.408 e. The van der Waals surface area contributed by atoms with Gasteiger partial charge in [-0.3, -0.25) is 9.69 Å². The fourth-order valence-corrected chi connectivity index (χ4v) is 2.65. The number of nitrogens with one attached hydrogen (secondary N) is 1. The number of aliphatic carboxylic acids is 1. The summed E-state index contributed by atoms with van der Waals surface area (Å²) in [4.78, 5) is 24.8. The Kier molecular flexibility index (Phi) is 6.45. The first kappa shape index (κ1) is 17.8. The van der Waals surface area contributed by atoms with Gasteiger partial charge >= 0.3 is 12.1 Å². The van der Waals surface area contributed by atoms with E-state index < -0.39 is 17.7 Å². The van der Waals surface area contributed by atoms with Crippen LogP contribution in [0, 0.1) is 5.92 Å². The molecule has 0 bridgehead atoms. The van der Waals surface area contributed by atoms with Crippen LogP contribution in [-0.4, -0.2) is 46.9 Å². The van der Waals surface area contributed by atoms with Crippen molar-refractivity contribution in [3.63, 3.8) is 0 Å². The molecule has 0 radical (unpaired) electrons. The molecule has 122 valence electrons. The normalized spacial score (nSPS) is 23.6.